The molecule has 0 aliphatic carbocycles. The van der Waals surface area contributed by atoms with Crippen LogP contribution < -0.4 is 0 Å². The fourth-order valence-corrected chi connectivity index (χ4v) is 3.79. The maximum atomic E-state index is 11.4. The number of hydrogen-bond acceptors (Lipinski definition) is 3. The van der Waals surface area contributed by atoms with E-state index in [0.29, 0.717) is 23.0 Å². The van der Waals surface area contributed by atoms with Gasteiger partial charge in [0.25, 0.3) is 0 Å². The molecule has 1 aliphatic rings. The van der Waals surface area contributed by atoms with Crippen molar-refractivity contribution in [1.82, 2.24) is 14.9 Å². The van der Waals surface area contributed by atoms with Crippen LogP contribution in [0.3, 0.4) is 0 Å². The topological polar surface area (TPSA) is 93.0 Å². The minimum absolute atomic E-state index is 0.224. The maximum Gasteiger partial charge on any atom is 0.407 e. The molecule has 1 atom stereocenters. The van der Waals surface area contributed by atoms with E-state index >= 15 is 0 Å². The van der Waals surface area contributed by atoms with Crippen LogP contribution in [0.4, 0.5) is 4.79 Å². The van der Waals surface area contributed by atoms with Gasteiger partial charge in [0.1, 0.15) is 5.82 Å². The second-order valence-corrected chi connectivity index (χ2v) is 7.13. The lowest BCUT2D eigenvalue weighted by molar-refractivity contribution is 0.139. The molecular weight excluding hydrogens is 376 g/mol. The molecule has 2 aromatic carbocycles. The molecule has 0 radical (unpaired) electrons. The van der Waals surface area contributed by atoms with Gasteiger partial charge in [-0.15, -0.1) is 0 Å². The minimum Gasteiger partial charge on any atom is -0.465 e. The largest absolute Gasteiger partial charge is 0.465 e. The Kier molecular flexibility index (Phi) is 4.76. The lowest BCUT2D eigenvalue weighted by atomic mass is 9.99. The number of carboxylic acid groups (broad SMARTS) is 1. The molecule has 0 saturated carbocycles. The van der Waals surface area contributed by atoms with Crippen LogP contribution in [0.2, 0.25) is 5.02 Å². The number of nitriles is 1. The zero-order chi connectivity index (χ0) is 19.7. The SMILES string of the molecule is N#Cc1cc(Cl)ccc1-c1ccc(-c2cnc(C3CCCN3C(=O)O)[nH]2)cc1. The van der Waals surface area contributed by atoms with E-state index in [9.17, 15) is 15.2 Å². The Balaban J connectivity index is 1.60. The van der Waals surface area contributed by atoms with E-state index in [2.05, 4.69) is 16.0 Å². The maximum absolute atomic E-state index is 11.4. The molecule has 2 N–H and O–H groups in total. The van der Waals surface area contributed by atoms with Gasteiger partial charge in [-0.3, -0.25) is 4.90 Å². The van der Waals surface area contributed by atoms with Gasteiger partial charge >= 0.3 is 6.09 Å². The standard InChI is InChI=1S/C21H17ClN4O2/c22-16-7-8-17(15(10-16)11-23)13-3-5-14(6-4-13)18-12-24-20(25-18)19-2-1-9-26(19)21(27)28/h3-8,10,12,19H,1-2,9H2,(H,24,25)(H,27,28). The van der Waals surface area contributed by atoms with E-state index in [1.54, 1.807) is 18.3 Å². The van der Waals surface area contributed by atoms with Gasteiger partial charge in [0.05, 0.1) is 29.6 Å². The predicted molar refractivity (Wildman–Crippen MR) is 106 cm³/mol. The van der Waals surface area contributed by atoms with Crippen molar-refractivity contribution in [2.45, 2.75) is 18.9 Å². The molecule has 1 aromatic heterocycles. The van der Waals surface area contributed by atoms with E-state index in [1.807, 2.05) is 30.3 Å². The van der Waals surface area contributed by atoms with Crippen molar-refractivity contribution in [1.29, 1.82) is 5.26 Å². The molecule has 1 unspecified atom stereocenters. The van der Waals surface area contributed by atoms with Crippen LogP contribution in [0.1, 0.15) is 30.3 Å². The molecule has 1 aliphatic heterocycles. The van der Waals surface area contributed by atoms with Crippen molar-refractivity contribution in [3.05, 3.63) is 65.1 Å². The summed E-state index contributed by atoms with van der Waals surface area (Å²) in [6.45, 7) is 0.535. The monoisotopic (exact) mass is 392 g/mol. The highest BCUT2D eigenvalue weighted by molar-refractivity contribution is 6.30. The molecule has 1 fully saturated rings. The Morgan fingerprint density at radius 2 is 2.00 bits per heavy atom. The highest BCUT2D eigenvalue weighted by Crippen LogP contribution is 2.32. The summed E-state index contributed by atoms with van der Waals surface area (Å²) < 4.78 is 0. The number of nitrogens with zero attached hydrogens (tertiary/aromatic N) is 3. The van der Waals surface area contributed by atoms with Gasteiger partial charge in [-0.2, -0.15) is 5.26 Å². The number of carbonyl (C=O) groups is 1. The van der Waals surface area contributed by atoms with E-state index in [0.717, 1.165) is 35.2 Å². The van der Waals surface area contributed by atoms with Crippen molar-refractivity contribution in [3.8, 4) is 28.5 Å². The van der Waals surface area contributed by atoms with Crippen LogP contribution in [0.5, 0.6) is 0 Å². The summed E-state index contributed by atoms with van der Waals surface area (Å²) in [6, 6.07) is 15.0. The van der Waals surface area contributed by atoms with Crippen molar-refractivity contribution < 1.29 is 9.90 Å². The van der Waals surface area contributed by atoms with Crippen molar-refractivity contribution in [2.75, 3.05) is 6.54 Å². The first kappa shape index (κ1) is 18.1. The van der Waals surface area contributed by atoms with Crippen molar-refractivity contribution in [3.63, 3.8) is 0 Å². The Morgan fingerprint density at radius 3 is 2.71 bits per heavy atom. The van der Waals surface area contributed by atoms with Crippen LogP contribution >= 0.6 is 11.6 Å². The molecule has 140 valence electrons. The lowest BCUT2D eigenvalue weighted by Crippen LogP contribution is -2.29. The zero-order valence-corrected chi connectivity index (χ0v) is 15.6. The molecule has 28 heavy (non-hydrogen) atoms. The summed E-state index contributed by atoms with van der Waals surface area (Å²) in [4.78, 5) is 20.5. The minimum atomic E-state index is -0.916. The number of aromatic nitrogens is 2. The lowest BCUT2D eigenvalue weighted by Gasteiger charge is -2.19. The van der Waals surface area contributed by atoms with Crippen LogP contribution in [0.25, 0.3) is 22.4 Å². The van der Waals surface area contributed by atoms with Gasteiger partial charge in [-0.05, 0) is 41.7 Å². The predicted octanol–water partition coefficient (Wildman–Crippen LogP) is 5.08. The third-order valence-corrected chi connectivity index (χ3v) is 5.25. The van der Waals surface area contributed by atoms with E-state index in [-0.39, 0.29) is 6.04 Å². The average Bonchev–Trinajstić information content (AvgIpc) is 3.37. The fourth-order valence-electron chi connectivity index (χ4n) is 3.62. The highest BCUT2D eigenvalue weighted by atomic mass is 35.5. The van der Waals surface area contributed by atoms with Crippen molar-refractivity contribution >= 4 is 17.7 Å². The molecule has 6 nitrogen and oxygen atoms in total. The fraction of sp³-hybridized carbons (Fsp3) is 0.190. The number of imidazole rings is 1. The Morgan fingerprint density at radius 1 is 1.25 bits per heavy atom. The number of hydrogen-bond donors (Lipinski definition) is 2. The third kappa shape index (κ3) is 3.32. The first-order valence-electron chi connectivity index (χ1n) is 8.92. The van der Waals surface area contributed by atoms with Gasteiger partial charge in [0.15, 0.2) is 0 Å². The number of aromatic amines is 1. The summed E-state index contributed by atoms with van der Waals surface area (Å²) in [5.74, 6) is 0.670. The molecule has 0 bridgehead atoms. The third-order valence-electron chi connectivity index (χ3n) is 5.02. The van der Waals surface area contributed by atoms with Gasteiger partial charge in [-0.1, -0.05) is 41.9 Å². The molecule has 1 amide bonds. The summed E-state index contributed by atoms with van der Waals surface area (Å²) in [6.07, 6.45) is 2.42. The molecule has 7 heteroatoms. The first-order valence-corrected chi connectivity index (χ1v) is 9.29. The number of nitrogens with one attached hydrogen (secondary N) is 1. The van der Waals surface area contributed by atoms with Crippen LogP contribution in [-0.2, 0) is 0 Å². The van der Waals surface area contributed by atoms with Crippen molar-refractivity contribution in [2.24, 2.45) is 0 Å². The number of benzene rings is 2. The van der Waals surface area contributed by atoms with Gasteiger partial charge in [0.2, 0.25) is 0 Å². The molecule has 1 saturated heterocycles. The van der Waals surface area contributed by atoms with Gasteiger partial charge in [0, 0.05) is 11.6 Å². The van der Waals surface area contributed by atoms with E-state index < -0.39 is 6.09 Å². The average molecular weight is 393 g/mol. The Hall–Kier alpha value is -3.30. The smallest absolute Gasteiger partial charge is 0.407 e. The number of halogens is 1. The van der Waals surface area contributed by atoms with Crippen LogP contribution in [0, 0.1) is 11.3 Å². The second kappa shape index (κ2) is 7.37. The Labute approximate surface area is 167 Å². The van der Waals surface area contributed by atoms with Crippen LogP contribution in [0.15, 0.2) is 48.7 Å². The van der Waals surface area contributed by atoms with E-state index in [4.69, 9.17) is 11.6 Å². The highest BCUT2D eigenvalue weighted by Gasteiger charge is 2.31. The number of likely N-dealkylation sites (tertiary alicyclic amines) is 1. The van der Waals surface area contributed by atoms with E-state index in [1.165, 1.54) is 4.90 Å². The summed E-state index contributed by atoms with van der Waals surface area (Å²) >= 11 is 5.97. The number of amides is 1. The zero-order valence-electron chi connectivity index (χ0n) is 14.9. The molecule has 2 heterocycles. The normalized spacial score (nSPS) is 16.1. The molecule has 0 spiro atoms. The summed E-state index contributed by atoms with van der Waals surface area (Å²) in [5.41, 5.74) is 4.04. The quantitative estimate of drug-likeness (QED) is 0.649. The summed E-state index contributed by atoms with van der Waals surface area (Å²) in [5, 5.41) is 19.2. The summed E-state index contributed by atoms with van der Waals surface area (Å²) in [7, 11) is 0. The number of H-pyrrole nitrogens is 1. The molecular formula is C21H17ClN4O2. The molecule has 4 rings (SSSR count). The second-order valence-electron chi connectivity index (χ2n) is 6.70. The van der Waals surface area contributed by atoms with Gasteiger partial charge in [-0.25, -0.2) is 9.78 Å². The first-order chi connectivity index (χ1) is 13.6. The Bertz CT molecular complexity index is 1070. The van der Waals surface area contributed by atoms with Gasteiger partial charge < -0.3 is 10.1 Å². The number of rotatable bonds is 3. The molecule has 3 aromatic rings. The van der Waals surface area contributed by atoms with Crippen LogP contribution in [-0.4, -0.2) is 32.6 Å².